The Balaban J connectivity index is 1.44. The van der Waals surface area contributed by atoms with E-state index >= 15 is 0 Å². The SMILES string of the molecule is COc1ccc2c3c(n(C)c2c1)[C@H](CO)N(Cc1ccccc1F)CC31CN(C(=O)C2CCCC2)C1. The number of likely N-dealkylation sites (tertiary alicyclic amines) is 1. The van der Waals surface area contributed by atoms with E-state index in [0.29, 0.717) is 31.7 Å². The lowest BCUT2D eigenvalue weighted by Crippen LogP contribution is -2.68. The van der Waals surface area contributed by atoms with E-state index in [2.05, 4.69) is 15.5 Å². The summed E-state index contributed by atoms with van der Waals surface area (Å²) in [5.41, 5.74) is 3.69. The van der Waals surface area contributed by atoms with Gasteiger partial charge in [-0.25, -0.2) is 4.39 Å². The Morgan fingerprint density at radius 3 is 2.58 bits per heavy atom. The Labute approximate surface area is 211 Å². The third-order valence-electron chi connectivity index (χ3n) is 8.75. The minimum absolute atomic E-state index is 0.0659. The Hall–Kier alpha value is -2.90. The summed E-state index contributed by atoms with van der Waals surface area (Å²) in [4.78, 5) is 17.5. The van der Waals surface area contributed by atoms with E-state index in [4.69, 9.17) is 4.74 Å². The highest BCUT2D eigenvalue weighted by molar-refractivity contribution is 5.90. The molecule has 1 saturated carbocycles. The quantitative estimate of drug-likeness (QED) is 0.583. The molecule has 6 rings (SSSR count). The molecule has 2 fully saturated rings. The zero-order chi connectivity index (χ0) is 25.0. The number of carbonyl (C=O) groups excluding carboxylic acids is 1. The summed E-state index contributed by atoms with van der Waals surface area (Å²) < 4.78 is 22.3. The summed E-state index contributed by atoms with van der Waals surface area (Å²) in [5.74, 6) is 0.987. The maximum atomic E-state index is 14.7. The van der Waals surface area contributed by atoms with Crippen molar-refractivity contribution in [3.8, 4) is 5.75 Å². The van der Waals surface area contributed by atoms with E-state index in [1.54, 1.807) is 13.2 Å². The van der Waals surface area contributed by atoms with Crippen molar-refractivity contribution in [3.05, 3.63) is 65.1 Å². The molecule has 2 aromatic carbocycles. The maximum Gasteiger partial charge on any atom is 0.225 e. The Morgan fingerprint density at radius 2 is 1.89 bits per heavy atom. The van der Waals surface area contributed by atoms with Gasteiger partial charge in [0, 0.05) is 67.3 Å². The van der Waals surface area contributed by atoms with Crippen LogP contribution in [0.25, 0.3) is 10.9 Å². The number of carbonyl (C=O) groups is 1. The monoisotopic (exact) mass is 491 g/mol. The van der Waals surface area contributed by atoms with Crippen molar-refractivity contribution >= 4 is 16.8 Å². The molecule has 0 unspecified atom stereocenters. The van der Waals surface area contributed by atoms with E-state index in [1.165, 1.54) is 11.6 Å². The fourth-order valence-corrected chi connectivity index (χ4v) is 7.00. The number of methoxy groups -OCH3 is 1. The average molecular weight is 492 g/mol. The molecular weight excluding hydrogens is 457 g/mol. The normalized spacial score (nSPS) is 21.7. The predicted octanol–water partition coefficient (Wildman–Crippen LogP) is 4.15. The first-order chi connectivity index (χ1) is 17.5. The Morgan fingerprint density at radius 1 is 1.14 bits per heavy atom. The molecule has 1 N–H and O–H groups in total. The predicted molar refractivity (Wildman–Crippen MR) is 136 cm³/mol. The largest absolute Gasteiger partial charge is 0.497 e. The van der Waals surface area contributed by atoms with Crippen LogP contribution in [0.5, 0.6) is 5.75 Å². The maximum absolute atomic E-state index is 14.7. The van der Waals surface area contributed by atoms with Gasteiger partial charge in [-0.1, -0.05) is 31.0 Å². The molecule has 1 spiro atoms. The highest BCUT2D eigenvalue weighted by Gasteiger charge is 2.55. The van der Waals surface area contributed by atoms with Gasteiger partial charge in [-0.3, -0.25) is 9.69 Å². The number of halogens is 1. The molecule has 1 saturated heterocycles. The summed E-state index contributed by atoms with van der Waals surface area (Å²) in [5, 5.41) is 11.8. The number of ether oxygens (including phenoxy) is 1. The second-order valence-electron chi connectivity index (χ2n) is 10.9. The Kier molecular flexibility index (Phi) is 5.80. The number of aliphatic hydroxyl groups is 1. The number of benzene rings is 2. The first-order valence-electron chi connectivity index (χ1n) is 13.0. The molecule has 1 amide bonds. The van der Waals surface area contributed by atoms with Crippen LogP contribution in [-0.2, 0) is 23.8 Å². The van der Waals surface area contributed by atoms with Gasteiger partial charge in [-0.15, -0.1) is 0 Å². The second kappa shape index (κ2) is 8.89. The second-order valence-corrected chi connectivity index (χ2v) is 10.9. The van der Waals surface area contributed by atoms with Crippen molar-refractivity contribution in [1.82, 2.24) is 14.4 Å². The molecule has 1 aliphatic carbocycles. The standard InChI is InChI=1S/C29H34FN3O3/c1-31-24-13-21(36-2)11-12-22(24)26-27(31)25(15-34)32(14-20-9-5-6-10-23(20)30)16-29(26)17-33(18-29)28(35)19-7-3-4-8-19/h5-6,9-13,19,25,34H,3-4,7-8,14-18H2,1-2H3/t25-/m0/s1. The van der Waals surface area contributed by atoms with Gasteiger partial charge in [0.2, 0.25) is 5.91 Å². The van der Waals surface area contributed by atoms with Crippen molar-refractivity contribution in [2.75, 3.05) is 33.4 Å². The van der Waals surface area contributed by atoms with Crippen molar-refractivity contribution in [2.24, 2.45) is 13.0 Å². The summed E-state index contributed by atoms with van der Waals surface area (Å²) in [6.07, 6.45) is 4.26. The first kappa shape index (κ1) is 23.5. The highest BCUT2D eigenvalue weighted by Crippen LogP contribution is 2.50. The van der Waals surface area contributed by atoms with E-state index in [0.717, 1.165) is 48.0 Å². The van der Waals surface area contributed by atoms with E-state index in [1.807, 2.05) is 36.2 Å². The number of aromatic nitrogens is 1. The van der Waals surface area contributed by atoms with Crippen molar-refractivity contribution in [3.63, 3.8) is 0 Å². The molecule has 190 valence electrons. The lowest BCUT2D eigenvalue weighted by molar-refractivity contribution is -0.145. The average Bonchev–Trinajstić information content (AvgIpc) is 3.51. The molecule has 3 heterocycles. The minimum Gasteiger partial charge on any atom is -0.497 e. The van der Waals surface area contributed by atoms with Gasteiger partial charge in [0.25, 0.3) is 0 Å². The number of aryl methyl sites for hydroxylation is 1. The third-order valence-corrected chi connectivity index (χ3v) is 8.75. The Bertz CT molecular complexity index is 1310. The smallest absolute Gasteiger partial charge is 0.225 e. The van der Waals surface area contributed by atoms with Crippen LogP contribution >= 0.6 is 0 Å². The number of rotatable bonds is 5. The molecular formula is C29H34FN3O3. The van der Waals surface area contributed by atoms with E-state index in [-0.39, 0.29) is 35.7 Å². The molecule has 0 radical (unpaired) electrons. The number of hydrogen-bond acceptors (Lipinski definition) is 4. The molecule has 3 aromatic rings. The third kappa shape index (κ3) is 3.55. The van der Waals surface area contributed by atoms with Crippen LogP contribution in [-0.4, -0.2) is 58.7 Å². The van der Waals surface area contributed by atoms with Crippen molar-refractivity contribution in [2.45, 2.75) is 43.7 Å². The zero-order valence-electron chi connectivity index (χ0n) is 21.0. The van der Waals surface area contributed by atoms with Gasteiger partial charge in [0.15, 0.2) is 0 Å². The van der Waals surface area contributed by atoms with E-state index in [9.17, 15) is 14.3 Å². The fourth-order valence-electron chi connectivity index (χ4n) is 7.00. The van der Waals surface area contributed by atoms with Gasteiger partial charge in [-0.05, 0) is 36.6 Å². The summed E-state index contributed by atoms with van der Waals surface area (Å²) in [6.45, 7) is 2.32. The minimum atomic E-state index is -0.270. The van der Waals surface area contributed by atoms with Crippen LogP contribution in [0.4, 0.5) is 4.39 Å². The topological polar surface area (TPSA) is 57.9 Å². The number of nitrogens with zero attached hydrogens (tertiary/aromatic N) is 3. The van der Waals surface area contributed by atoms with Crippen molar-refractivity contribution < 1.29 is 19.0 Å². The zero-order valence-corrected chi connectivity index (χ0v) is 21.0. The van der Waals surface area contributed by atoms with Gasteiger partial charge >= 0.3 is 0 Å². The molecule has 1 atom stereocenters. The van der Waals surface area contributed by atoms with Crippen LogP contribution in [0, 0.1) is 11.7 Å². The number of amides is 1. The van der Waals surface area contributed by atoms with Crippen LogP contribution < -0.4 is 4.74 Å². The number of hydrogen-bond donors (Lipinski definition) is 1. The van der Waals surface area contributed by atoms with Crippen LogP contribution in [0.2, 0.25) is 0 Å². The molecule has 2 aliphatic heterocycles. The fraction of sp³-hybridized carbons (Fsp3) is 0.483. The number of fused-ring (bicyclic) bond motifs is 4. The van der Waals surface area contributed by atoms with Gasteiger partial charge in [-0.2, -0.15) is 0 Å². The first-order valence-corrected chi connectivity index (χ1v) is 13.0. The van der Waals surface area contributed by atoms with Crippen LogP contribution in [0.3, 0.4) is 0 Å². The molecule has 7 heteroatoms. The molecule has 3 aliphatic rings. The van der Waals surface area contributed by atoms with Gasteiger partial charge in [0.1, 0.15) is 11.6 Å². The lowest BCUT2D eigenvalue weighted by atomic mass is 9.68. The summed E-state index contributed by atoms with van der Waals surface area (Å²) in [7, 11) is 3.69. The summed E-state index contributed by atoms with van der Waals surface area (Å²) in [6, 6.07) is 12.7. The van der Waals surface area contributed by atoms with Crippen molar-refractivity contribution in [1.29, 1.82) is 0 Å². The number of aliphatic hydroxyl groups excluding tert-OH is 1. The summed E-state index contributed by atoms with van der Waals surface area (Å²) >= 11 is 0. The molecule has 1 aromatic heterocycles. The molecule has 6 nitrogen and oxygen atoms in total. The highest BCUT2D eigenvalue weighted by atomic mass is 19.1. The van der Waals surface area contributed by atoms with E-state index < -0.39 is 0 Å². The van der Waals surface area contributed by atoms with Crippen LogP contribution in [0.15, 0.2) is 42.5 Å². The molecule has 0 bridgehead atoms. The lowest BCUT2D eigenvalue weighted by Gasteiger charge is -2.57. The van der Waals surface area contributed by atoms with Gasteiger partial charge in [0.05, 0.1) is 25.3 Å². The molecule has 36 heavy (non-hydrogen) atoms. The van der Waals surface area contributed by atoms with Gasteiger partial charge < -0.3 is 19.3 Å². The van der Waals surface area contributed by atoms with Crippen LogP contribution in [0.1, 0.15) is 48.5 Å².